The van der Waals surface area contributed by atoms with E-state index < -0.39 is 0 Å². The molecule has 1 saturated heterocycles. The monoisotopic (exact) mass is 366 g/mol. The van der Waals surface area contributed by atoms with Crippen molar-refractivity contribution in [2.45, 2.75) is 6.42 Å². The molecule has 0 saturated carbocycles. The Morgan fingerprint density at radius 3 is 2.57 bits per heavy atom. The molecule has 6 heteroatoms. The average Bonchev–Trinajstić information content (AvgIpc) is 3.02. The largest absolute Gasteiger partial charge is 0.367 e. The van der Waals surface area contributed by atoms with Crippen LogP contribution in [0.4, 0.5) is 10.8 Å². The normalized spacial score (nSPS) is 15.5. The van der Waals surface area contributed by atoms with Crippen LogP contribution in [-0.2, 0) is 6.42 Å². The third kappa shape index (κ3) is 3.39. The van der Waals surface area contributed by atoms with E-state index in [1.165, 1.54) is 11.3 Å². The smallest absolute Gasteiger partial charge is 0.185 e. The fourth-order valence-electron chi connectivity index (χ4n) is 2.64. The van der Waals surface area contributed by atoms with Crippen molar-refractivity contribution in [2.24, 2.45) is 5.73 Å². The van der Waals surface area contributed by atoms with Crippen LogP contribution in [0.1, 0.15) is 5.56 Å². The molecule has 2 heterocycles. The molecule has 3 rings (SSSR count). The molecular weight excluding hydrogens is 348 g/mol. The lowest BCUT2D eigenvalue weighted by atomic mass is 10.1. The second kappa shape index (κ2) is 6.77. The van der Waals surface area contributed by atoms with Crippen molar-refractivity contribution >= 4 is 38.1 Å². The van der Waals surface area contributed by atoms with E-state index in [0.717, 1.165) is 42.2 Å². The van der Waals surface area contributed by atoms with Gasteiger partial charge < -0.3 is 15.5 Å². The van der Waals surface area contributed by atoms with Crippen molar-refractivity contribution < 1.29 is 0 Å². The number of nitrogens with zero attached hydrogens (tertiary/aromatic N) is 3. The Hall–Kier alpha value is -1.11. The lowest BCUT2D eigenvalue weighted by Gasteiger charge is -2.36. The van der Waals surface area contributed by atoms with Crippen molar-refractivity contribution in [3.05, 3.63) is 39.8 Å². The Bertz CT molecular complexity index is 579. The van der Waals surface area contributed by atoms with Gasteiger partial charge in [-0.2, -0.15) is 0 Å². The van der Waals surface area contributed by atoms with Gasteiger partial charge in [-0.15, -0.1) is 11.3 Å². The molecule has 0 atom stereocenters. The minimum atomic E-state index is 0.693. The highest BCUT2D eigenvalue weighted by atomic mass is 79.9. The standard InChI is InChI=1S/C15H19BrN4S/c16-13-11-12(3-4-17)1-2-14(13)19-6-8-20(9-7-19)15-18-5-10-21-15/h1-2,5,10-11H,3-4,6-9,17H2. The first-order valence-corrected chi connectivity index (χ1v) is 8.83. The number of benzene rings is 1. The van der Waals surface area contributed by atoms with Crippen molar-refractivity contribution in [1.82, 2.24) is 4.98 Å². The Kier molecular flexibility index (Phi) is 4.77. The SMILES string of the molecule is NCCc1ccc(N2CCN(c3nccs3)CC2)c(Br)c1. The van der Waals surface area contributed by atoms with Gasteiger partial charge in [0.25, 0.3) is 0 Å². The average molecular weight is 367 g/mol. The number of nitrogens with two attached hydrogens (primary N) is 1. The van der Waals surface area contributed by atoms with Crippen LogP contribution in [0, 0.1) is 0 Å². The third-order valence-electron chi connectivity index (χ3n) is 3.76. The van der Waals surface area contributed by atoms with Gasteiger partial charge in [0, 0.05) is 42.2 Å². The first-order valence-electron chi connectivity index (χ1n) is 7.16. The molecule has 0 spiro atoms. The summed E-state index contributed by atoms with van der Waals surface area (Å²) in [6.45, 7) is 4.77. The molecule has 0 bridgehead atoms. The number of anilines is 2. The van der Waals surface area contributed by atoms with Gasteiger partial charge in [0.2, 0.25) is 0 Å². The highest BCUT2D eigenvalue weighted by Crippen LogP contribution is 2.29. The van der Waals surface area contributed by atoms with Crippen LogP contribution in [0.15, 0.2) is 34.2 Å². The summed E-state index contributed by atoms with van der Waals surface area (Å²) >= 11 is 5.41. The van der Waals surface area contributed by atoms with Gasteiger partial charge in [-0.1, -0.05) is 6.07 Å². The Morgan fingerprint density at radius 2 is 1.95 bits per heavy atom. The molecule has 21 heavy (non-hydrogen) atoms. The third-order valence-corrected chi connectivity index (χ3v) is 5.22. The summed E-state index contributed by atoms with van der Waals surface area (Å²) in [4.78, 5) is 9.18. The zero-order valence-corrected chi connectivity index (χ0v) is 14.2. The van der Waals surface area contributed by atoms with E-state index in [1.54, 1.807) is 11.3 Å². The van der Waals surface area contributed by atoms with Crippen molar-refractivity contribution in [1.29, 1.82) is 0 Å². The number of hydrogen-bond donors (Lipinski definition) is 1. The number of thiazole rings is 1. The van der Waals surface area contributed by atoms with E-state index in [9.17, 15) is 0 Å². The fourth-order valence-corrected chi connectivity index (χ4v) is 4.01. The Morgan fingerprint density at radius 1 is 1.19 bits per heavy atom. The highest BCUT2D eigenvalue weighted by molar-refractivity contribution is 9.10. The topological polar surface area (TPSA) is 45.4 Å². The maximum Gasteiger partial charge on any atom is 0.185 e. The maximum atomic E-state index is 5.62. The van der Waals surface area contributed by atoms with E-state index in [4.69, 9.17) is 5.73 Å². The van der Waals surface area contributed by atoms with E-state index in [2.05, 4.69) is 48.9 Å². The molecule has 0 aliphatic carbocycles. The molecule has 0 radical (unpaired) electrons. The first kappa shape index (κ1) is 14.8. The number of aromatic nitrogens is 1. The van der Waals surface area contributed by atoms with Crippen LogP contribution in [-0.4, -0.2) is 37.7 Å². The summed E-state index contributed by atoms with van der Waals surface area (Å²) in [7, 11) is 0. The second-order valence-electron chi connectivity index (χ2n) is 5.11. The van der Waals surface area contributed by atoms with E-state index in [0.29, 0.717) is 6.54 Å². The van der Waals surface area contributed by atoms with Crippen molar-refractivity contribution in [3.63, 3.8) is 0 Å². The van der Waals surface area contributed by atoms with Gasteiger partial charge >= 0.3 is 0 Å². The lowest BCUT2D eigenvalue weighted by molar-refractivity contribution is 0.651. The predicted octanol–water partition coefficient (Wildman–Crippen LogP) is 2.73. The quantitative estimate of drug-likeness (QED) is 0.903. The van der Waals surface area contributed by atoms with Crippen LogP contribution in [0.5, 0.6) is 0 Å². The predicted molar refractivity (Wildman–Crippen MR) is 93.4 cm³/mol. The van der Waals surface area contributed by atoms with E-state index >= 15 is 0 Å². The number of hydrogen-bond acceptors (Lipinski definition) is 5. The minimum Gasteiger partial charge on any atom is -0.367 e. The van der Waals surface area contributed by atoms with E-state index in [-0.39, 0.29) is 0 Å². The van der Waals surface area contributed by atoms with Crippen LogP contribution in [0.3, 0.4) is 0 Å². The molecule has 0 unspecified atom stereocenters. The summed E-state index contributed by atoms with van der Waals surface area (Å²) in [5.41, 5.74) is 8.18. The molecule has 4 nitrogen and oxygen atoms in total. The molecule has 1 aliphatic rings. The molecule has 1 aliphatic heterocycles. The summed E-state index contributed by atoms with van der Waals surface area (Å²) in [5.74, 6) is 0. The molecule has 1 aromatic heterocycles. The second-order valence-corrected chi connectivity index (χ2v) is 6.84. The van der Waals surface area contributed by atoms with Gasteiger partial charge in [-0.3, -0.25) is 0 Å². The van der Waals surface area contributed by atoms with Crippen LogP contribution in [0.2, 0.25) is 0 Å². The fraction of sp³-hybridized carbons (Fsp3) is 0.400. The Labute approximate surface area is 137 Å². The molecule has 2 aromatic rings. The summed E-state index contributed by atoms with van der Waals surface area (Å²) in [6.07, 6.45) is 2.80. The number of halogens is 1. The number of rotatable bonds is 4. The van der Waals surface area contributed by atoms with E-state index in [1.807, 2.05) is 11.6 Å². The lowest BCUT2D eigenvalue weighted by Crippen LogP contribution is -2.46. The number of piperazine rings is 1. The van der Waals surface area contributed by atoms with Gasteiger partial charge in [0.1, 0.15) is 0 Å². The highest BCUT2D eigenvalue weighted by Gasteiger charge is 2.20. The Balaban J connectivity index is 1.66. The van der Waals surface area contributed by atoms with Gasteiger partial charge in [-0.25, -0.2) is 4.98 Å². The molecule has 2 N–H and O–H groups in total. The van der Waals surface area contributed by atoms with Crippen LogP contribution in [0.25, 0.3) is 0 Å². The summed E-state index contributed by atoms with van der Waals surface area (Å²) < 4.78 is 1.16. The van der Waals surface area contributed by atoms with Crippen molar-refractivity contribution in [3.8, 4) is 0 Å². The van der Waals surface area contributed by atoms with Crippen LogP contribution < -0.4 is 15.5 Å². The van der Waals surface area contributed by atoms with Gasteiger partial charge in [-0.05, 0) is 46.6 Å². The summed E-state index contributed by atoms with van der Waals surface area (Å²) in [6, 6.07) is 6.57. The van der Waals surface area contributed by atoms with Crippen molar-refractivity contribution in [2.75, 3.05) is 42.5 Å². The van der Waals surface area contributed by atoms with Gasteiger partial charge in [0.05, 0.1) is 5.69 Å². The molecule has 1 aromatic carbocycles. The van der Waals surface area contributed by atoms with Crippen LogP contribution >= 0.6 is 27.3 Å². The minimum absolute atomic E-state index is 0.693. The van der Waals surface area contributed by atoms with Gasteiger partial charge in [0.15, 0.2) is 5.13 Å². The zero-order valence-electron chi connectivity index (χ0n) is 11.8. The molecule has 1 fully saturated rings. The first-order chi connectivity index (χ1) is 10.3. The zero-order chi connectivity index (χ0) is 14.7. The maximum absolute atomic E-state index is 5.62. The molecule has 112 valence electrons. The molecule has 0 amide bonds. The summed E-state index contributed by atoms with van der Waals surface area (Å²) in [5, 5.41) is 3.17. The molecular formula is C15H19BrN4S.